The van der Waals surface area contributed by atoms with Crippen LogP contribution in [-0.4, -0.2) is 363 Å². The molecule has 0 aromatic heterocycles. The van der Waals surface area contributed by atoms with Crippen LogP contribution in [0.2, 0.25) is 0 Å². The summed E-state index contributed by atoms with van der Waals surface area (Å²) in [5, 5.41) is 212. The van der Waals surface area contributed by atoms with Crippen molar-refractivity contribution < 1.29 is 163 Å². The maximum Gasteiger partial charge on any atom is 0.187 e. The normalized spacial score (nSPS) is 53.7. The number of rotatable bonds is 10. The molecule has 21 N–H and O–H groups in total. The third kappa shape index (κ3) is 13.1. The topological polar surface area (TPSA) is 540 Å². The zero-order chi connectivity index (χ0) is 58.2. The Kier molecular flexibility index (Phi) is 22.9. The Morgan fingerprint density at radius 2 is 0.463 bits per heavy atom. The third-order valence-corrected chi connectivity index (χ3v) is 16.5. The van der Waals surface area contributed by atoms with Crippen molar-refractivity contribution in [1.29, 1.82) is 0 Å². The molecular formula is C45H77NO33S. The maximum atomic E-state index is 11.6. The average molecular weight is 1190 g/mol. The molecule has 21 fully saturated rings. The molecule has 0 aromatic carbocycles. The fourth-order valence-electron chi connectivity index (χ4n) is 10.9. The molecule has 21 heterocycles. The molecule has 21 aliphatic rings. The monoisotopic (exact) mass is 1190 g/mol. The first-order valence-corrected chi connectivity index (χ1v) is 27.3. The first kappa shape index (κ1) is 65.0. The molecule has 21 saturated heterocycles. The van der Waals surface area contributed by atoms with E-state index in [4.69, 9.17) is 72.0 Å². The van der Waals surface area contributed by atoms with Crippen LogP contribution in [0.1, 0.15) is 13.3 Å². The Balaban J connectivity index is 1.09. The fourth-order valence-corrected chi connectivity index (χ4v) is 11.7. The summed E-state index contributed by atoms with van der Waals surface area (Å²) in [6, 6.07) is 0. The predicted octanol–water partition coefficient (Wildman–Crippen LogP) is -13.1. The molecule has 0 aliphatic carbocycles. The van der Waals surface area contributed by atoms with E-state index in [-0.39, 0.29) is 18.7 Å². The molecule has 35 heteroatoms. The van der Waals surface area contributed by atoms with Gasteiger partial charge in [0.1, 0.15) is 159 Å². The van der Waals surface area contributed by atoms with E-state index in [2.05, 4.69) is 0 Å². The molecule has 34 nitrogen and oxygen atoms in total. The summed E-state index contributed by atoms with van der Waals surface area (Å²) in [4.78, 5) is 0. The SMILES string of the molecule is CCC1O[C@H]2O[C@@H]3C(CO)O[C@H](O[C@@H]4C(CO)O[C@H](O[C@@H]5C(CO)O[C@@H](O[C@@H]6C(CSCCN)O[C@H](O[C@@H]7C(CO)O[C@@H](O[C@@H]8C(CO)O[C@@H](O[C@H]1[C@H](O)C2O)C(O)[C@H]8O)C(O)[C@H]7O)C(O)[C@H]6O)C(O)[C@H]5O)C(O)[C@H]4O)C(O)[C@H]3O. The lowest BCUT2D eigenvalue weighted by Crippen LogP contribution is -2.68. The highest BCUT2D eigenvalue weighted by Crippen LogP contribution is 2.39. The Morgan fingerprint density at radius 3 is 0.662 bits per heavy atom. The fraction of sp³-hybridized carbons (Fsp3) is 1.00. The van der Waals surface area contributed by atoms with Crippen LogP contribution >= 0.6 is 11.8 Å². The third-order valence-electron chi connectivity index (χ3n) is 15.4. The van der Waals surface area contributed by atoms with Crippen LogP contribution in [0, 0.1) is 0 Å². The maximum absolute atomic E-state index is 11.6. The van der Waals surface area contributed by atoms with Crippen molar-refractivity contribution in [2.75, 3.05) is 51.1 Å². The summed E-state index contributed by atoms with van der Waals surface area (Å²) in [5.74, 6) is 0.209. The van der Waals surface area contributed by atoms with Gasteiger partial charge >= 0.3 is 0 Å². The van der Waals surface area contributed by atoms with Gasteiger partial charge < -0.3 is 169 Å². The summed E-state index contributed by atoms with van der Waals surface area (Å²) in [6.07, 6.45) is -66.6. The van der Waals surface area contributed by atoms with Crippen LogP contribution in [0.3, 0.4) is 0 Å². The molecule has 0 radical (unpaired) electrons. The number of thioether (sulfide) groups is 1. The highest BCUT2D eigenvalue weighted by Gasteiger charge is 2.59. The van der Waals surface area contributed by atoms with E-state index < -0.39 is 248 Å². The average Bonchev–Trinajstić information content (AvgIpc) is 3.50. The van der Waals surface area contributed by atoms with Crippen LogP contribution in [-0.2, 0) is 66.3 Å². The van der Waals surface area contributed by atoms with Gasteiger partial charge in [-0.25, -0.2) is 0 Å². The quantitative estimate of drug-likeness (QED) is 0.0903. The largest absolute Gasteiger partial charge is 0.394 e. The summed E-state index contributed by atoms with van der Waals surface area (Å²) < 4.78 is 81.7. The number of aliphatic hydroxyl groups excluding tert-OH is 19. The summed E-state index contributed by atoms with van der Waals surface area (Å²) in [6.45, 7) is -3.29. The Hall–Kier alpha value is -1.01. The summed E-state index contributed by atoms with van der Waals surface area (Å²) in [5.41, 5.74) is 5.71. The lowest BCUT2D eigenvalue weighted by atomic mass is 9.94. The van der Waals surface area contributed by atoms with E-state index in [1.807, 2.05) is 0 Å². The van der Waals surface area contributed by atoms with Crippen LogP contribution < -0.4 is 5.73 Å². The minimum atomic E-state index is -2.17. The summed E-state index contributed by atoms with van der Waals surface area (Å²) in [7, 11) is 0. The second-order valence-corrected chi connectivity index (χ2v) is 21.7. The van der Waals surface area contributed by atoms with Crippen LogP contribution in [0.15, 0.2) is 0 Å². The van der Waals surface area contributed by atoms with E-state index in [0.29, 0.717) is 5.75 Å². The van der Waals surface area contributed by atoms with Crippen molar-refractivity contribution in [3.8, 4) is 0 Å². The number of hydrogen-bond donors (Lipinski definition) is 20. The Bertz CT molecular complexity index is 1880. The highest BCUT2D eigenvalue weighted by atomic mass is 32.2. The molecule has 0 spiro atoms. The minimum Gasteiger partial charge on any atom is -0.394 e. The van der Waals surface area contributed by atoms with Gasteiger partial charge in [-0.15, -0.1) is 0 Å². The Morgan fingerprint density at radius 1 is 0.275 bits per heavy atom. The molecule has 80 heavy (non-hydrogen) atoms. The van der Waals surface area contributed by atoms with Gasteiger partial charge in [-0.3, -0.25) is 0 Å². The highest BCUT2D eigenvalue weighted by molar-refractivity contribution is 7.99. The molecule has 466 valence electrons. The number of aliphatic hydroxyl groups is 19. The van der Waals surface area contributed by atoms with Crippen LogP contribution in [0.4, 0.5) is 0 Å². The van der Waals surface area contributed by atoms with E-state index >= 15 is 0 Å². The number of hydrogen-bond acceptors (Lipinski definition) is 35. The predicted molar refractivity (Wildman–Crippen MR) is 251 cm³/mol. The number of nitrogens with two attached hydrogens (primary N) is 1. The van der Waals surface area contributed by atoms with Crippen LogP contribution in [0.5, 0.6) is 0 Å². The van der Waals surface area contributed by atoms with Crippen molar-refractivity contribution in [3.05, 3.63) is 0 Å². The van der Waals surface area contributed by atoms with Gasteiger partial charge in [0, 0.05) is 18.1 Å². The first-order chi connectivity index (χ1) is 38.2. The molecule has 35 atom stereocenters. The molecule has 0 saturated carbocycles. The number of ether oxygens (including phenoxy) is 14. The van der Waals surface area contributed by atoms with Crippen molar-refractivity contribution in [2.45, 2.75) is 228 Å². The molecule has 21 aliphatic heterocycles. The van der Waals surface area contributed by atoms with Gasteiger partial charge in [-0.05, 0) is 6.42 Å². The smallest absolute Gasteiger partial charge is 0.187 e. The van der Waals surface area contributed by atoms with E-state index in [1.165, 1.54) is 0 Å². The minimum absolute atomic E-state index is 0.0404. The molecule has 14 unspecified atom stereocenters. The molecular weight excluding hydrogens is 1110 g/mol. The standard InChI is InChI=1S/C45H77NO33S/c1-2-11-32-18(52)25(59)39(66-11)74-33-12(5-47)68-41(27(61)20(33)54)76-35-14(7-49)69-42(28(62)21(35)55)77-36-15(8-50)71-44(30(64)23(36)57)79-38-17(10-80-4-3-46)72-45(31(65)24(38)58)78-37-16(9-51)70-43(29(63)22(37)56)75-34-13(6-48)67-40(73-32)26(60)19(34)53/h11-45,47-65H,2-10,46H2,1H3/t11?,12?,13?,14?,15?,16?,17?,18-,19-,20-,21-,22-,23-,24-,25?,26?,27?,28?,29?,30?,31?,32-,33-,34-,35-,36-,37-,38-,39+,40+,41-,42-,43+,44+,45-/m1/s1. The lowest BCUT2D eigenvalue weighted by Gasteiger charge is -2.50. The van der Waals surface area contributed by atoms with Gasteiger partial charge in [-0.1, -0.05) is 6.92 Å². The zero-order valence-electron chi connectivity index (χ0n) is 42.8. The van der Waals surface area contributed by atoms with E-state index in [1.54, 1.807) is 6.92 Å². The first-order valence-electron chi connectivity index (χ1n) is 26.2. The lowest BCUT2D eigenvalue weighted by molar-refractivity contribution is -0.395. The zero-order valence-corrected chi connectivity index (χ0v) is 43.6. The van der Waals surface area contributed by atoms with Gasteiger partial charge in [0.25, 0.3) is 0 Å². The second-order valence-electron chi connectivity index (χ2n) is 20.6. The molecule has 0 aromatic rings. The van der Waals surface area contributed by atoms with Crippen molar-refractivity contribution in [1.82, 2.24) is 0 Å². The molecule has 0 amide bonds. The van der Waals surface area contributed by atoms with Crippen molar-refractivity contribution in [2.24, 2.45) is 5.73 Å². The van der Waals surface area contributed by atoms with Gasteiger partial charge in [-0.2, -0.15) is 11.8 Å². The van der Waals surface area contributed by atoms with Gasteiger partial charge in [0.05, 0.1) is 45.2 Å². The summed E-state index contributed by atoms with van der Waals surface area (Å²) >= 11 is 1.16. The van der Waals surface area contributed by atoms with E-state index in [9.17, 15) is 97.0 Å². The van der Waals surface area contributed by atoms with Gasteiger partial charge in [0.2, 0.25) is 0 Å². The second kappa shape index (κ2) is 28.2. The molecule has 21 rings (SSSR count). The van der Waals surface area contributed by atoms with Crippen molar-refractivity contribution >= 4 is 11.8 Å². The van der Waals surface area contributed by atoms with Gasteiger partial charge in [0.15, 0.2) is 44.0 Å². The molecule has 14 bridgehead atoms. The van der Waals surface area contributed by atoms with E-state index in [0.717, 1.165) is 11.8 Å². The van der Waals surface area contributed by atoms with Crippen molar-refractivity contribution in [3.63, 3.8) is 0 Å². The Labute approximate surface area is 459 Å². The van der Waals surface area contributed by atoms with Crippen LogP contribution in [0.25, 0.3) is 0 Å².